The SMILES string of the molecule is C[C@@H](Sc1nc2cc(Cl)ccc2s1)C(=O)NC[C@@H]1CCCO1. The number of nitrogens with zero attached hydrogens (tertiary/aromatic N) is 1. The van der Waals surface area contributed by atoms with Gasteiger partial charge in [0.25, 0.3) is 0 Å². The number of hydrogen-bond donors (Lipinski definition) is 1. The maximum absolute atomic E-state index is 12.1. The number of benzene rings is 1. The summed E-state index contributed by atoms with van der Waals surface area (Å²) in [6.07, 6.45) is 2.28. The summed E-state index contributed by atoms with van der Waals surface area (Å²) in [7, 11) is 0. The molecule has 22 heavy (non-hydrogen) atoms. The Balaban J connectivity index is 1.57. The summed E-state index contributed by atoms with van der Waals surface area (Å²) in [5, 5.41) is 3.45. The zero-order chi connectivity index (χ0) is 15.5. The summed E-state index contributed by atoms with van der Waals surface area (Å²) < 4.78 is 7.48. The van der Waals surface area contributed by atoms with Crippen LogP contribution in [0.3, 0.4) is 0 Å². The first-order valence-electron chi connectivity index (χ1n) is 7.24. The molecular formula is C15H17ClN2O2S2. The number of carbonyl (C=O) groups is 1. The standard InChI is InChI=1S/C15H17ClN2O2S2/c1-9(14(19)17-8-11-3-2-6-20-11)21-15-18-12-7-10(16)4-5-13(12)22-15/h4-5,7,9,11H,2-3,6,8H2,1H3,(H,17,19)/t9-,11+/m1/s1. The second kappa shape index (κ2) is 7.17. The van der Waals surface area contributed by atoms with Crippen molar-refractivity contribution in [3.63, 3.8) is 0 Å². The lowest BCUT2D eigenvalue weighted by molar-refractivity contribution is -0.120. The van der Waals surface area contributed by atoms with Gasteiger partial charge in [-0.25, -0.2) is 4.98 Å². The van der Waals surface area contributed by atoms with E-state index in [4.69, 9.17) is 16.3 Å². The van der Waals surface area contributed by atoms with E-state index in [2.05, 4.69) is 10.3 Å². The van der Waals surface area contributed by atoms with Crippen LogP contribution in [-0.2, 0) is 9.53 Å². The summed E-state index contributed by atoms with van der Waals surface area (Å²) in [6.45, 7) is 3.30. The second-order valence-electron chi connectivity index (χ2n) is 5.23. The number of rotatable bonds is 5. The van der Waals surface area contributed by atoms with Gasteiger partial charge in [-0.1, -0.05) is 23.4 Å². The normalized spacial score (nSPS) is 19.5. The molecule has 0 unspecified atom stereocenters. The molecule has 1 fully saturated rings. The van der Waals surface area contributed by atoms with E-state index in [9.17, 15) is 4.79 Å². The molecule has 1 aromatic heterocycles. The highest BCUT2D eigenvalue weighted by molar-refractivity contribution is 8.02. The van der Waals surface area contributed by atoms with Crippen LogP contribution < -0.4 is 5.32 Å². The van der Waals surface area contributed by atoms with Gasteiger partial charge in [0.15, 0.2) is 4.34 Å². The Bertz CT molecular complexity index is 671. The highest BCUT2D eigenvalue weighted by Gasteiger charge is 2.20. The largest absolute Gasteiger partial charge is 0.376 e. The van der Waals surface area contributed by atoms with Crippen LogP contribution in [0.1, 0.15) is 19.8 Å². The highest BCUT2D eigenvalue weighted by Crippen LogP contribution is 2.33. The lowest BCUT2D eigenvalue weighted by Gasteiger charge is -2.13. The van der Waals surface area contributed by atoms with Gasteiger partial charge in [0, 0.05) is 18.2 Å². The van der Waals surface area contributed by atoms with Crippen LogP contribution in [0.2, 0.25) is 5.02 Å². The van der Waals surface area contributed by atoms with Crippen LogP contribution in [0.15, 0.2) is 22.5 Å². The van der Waals surface area contributed by atoms with Crippen molar-refractivity contribution in [3.05, 3.63) is 23.2 Å². The van der Waals surface area contributed by atoms with Crippen molar-refractivity contribution in [1.82, 2.24) is 10.3 Å². The Morgan fingerprint density at radius 2 is 2.50 bits per heavy atom. The van der Waals surface area contributed by atoms with Crippen LogP contribution in [0.4, 0.5) is 0 Å². The van der Waals surface area contributed by atoms with Crippen molar-refractivity contribution in [1.29, 1.82) is 0 Å². The summed E-state index contributed by atoms with van der Waals surface area (Å²) >= 11 is 9.03. The second-order valence-corrected chi connectivity index (χ2v) is 8.29. The quantitative estimate of drug-likeness (QED) is 0.829. The van der Waals surface area contributed by atoms with Crippen LogP contribution in [0.25, 0.3) is 10.2 Å². The highest BCUT2D eigenvalue weighted by atomic mass is 35.5. The number of hydrogen-bond acceptors (Lipinski definition) is 5. The number of fused-ring (bicyclic) bond motifs is 1. The predicted molar refractivity (Wildman–Crippen MR) is 91.9 cm³/mol. The molecular weight excluding hydrogens is 340 g/mol. The van der Waals surface area contributed by atoms with Crippen molar-refractivity contribution >= 4 is 50.8 Å². The Labute approximate surface area is 142 Å². The first kappa shape index (κ1) is 16.1. The zero-order valence-electron chi connectivity index (χ0n) is 12.2. The van der Waals surface area contributed by atoms with Gasteiger partial charge in [-0.2, -0.15) is 0 Å². The van der Waals surface area contributed by atoms with E-state index in [-0.39, 0.29) is 17.3 Å². The minimum absolute atomic E-state index is 0.0257. The molecule has 4 nitrogen and oxygen atoms in total. The van der Waals surface area contributed by atoms with Crippen molar-refractivity contribution in [2.24, 2.45) is 0 Å². The fourth-order valence-corrected chi connectivity index (χ4v) is 4.68. The van der Waals surface area contributed by atoms with Gasteiger partial charge >= 0.3 is 0 Å². The minimum atomic E-state index is -0.183. The summed E-state index contributed by atoms with van der Waals surface area (Å²) in [4.78, 5) is 16.7. The molecule has 0 aliphatic carbocycles. The van der Waals surface area contributed by atoms with Gasteiger partial charge in [0.2, 0.25) is 5.91 Å². The molecule has 1 saturated heterocycles. The van der Waals surface area contributed by atoms with E-state index >= 15 is 0 Å². The number of aromatic nitrogens is 1. The predicted octanol–water partition coefficient (Wildman–Crippen LogP) is 3.73. The molecule has 0 spiro atoms. The van der Waals surface area contributed by atoms with Crippen molar-refractivity contribution in [2.75, 3.05) is 13.2 Å². The van der Waals surface area contributed by atoms with Crippen LogP contribution in [0, 0.1) is 0 Å². The minimum Gasteiger partial charge on any atom is -0.376 e. The van der Waals surface area contributed by atoms with Gasteiger partial charge < -0.3 is 10.1 Å². The van der Waals surface area contributed by atoms with Gasteiger partial charge in [-0.15, -0.1) is 11.3 Å². The first-order valence-corrected chi connectivity index (χ1v) is 9.31. The molecule has 118 valence electrons. The van der Waals surface area contributed by atoms with Crippen molar-refractivity contribution < 1.29 is 9.53 Å². The summed E-state index contributed by atoms with van der Waals surface area (Å²) in [5.74, 6) is 0.0257. The molecule has 1 aliphatic heterocycles. The molecule has 3 rings (SSSR count). The molecule has 0 radical (unpaired) electrons. The Morgan fingerprint density at radius 1 is 1.64 bits per heavy atom. The third-order valence-corrected chi connectivity index (χ3v) is 5.97. The average Bonchev–Trinajstić information content (AvgIpc) is 3.12. The smallest absolute Gasteiger partial charge is 0.233 e. The number of carbonyl (C=O) groups excluding carboxylic acids is 1. The maximum Gasteiger partial charge on any atom is 0.233 e. The maximum atomic E-state index is 12.1. The number of nitrogens with one attached hydrogen (secondary N) is 1. The molecule has 1 amide bonds. The number of amides is 1. The van der Waals surface area contributed by atoms with E-state index < -0.39 is 0 Å². The molecule has 1 aliphatic rings. The van der Waals surface area contributed by atoms with Crippen LogP contribution >= 0.6 is 34.7 Å². The molecule has 2 atom stereocenters. The topological polar surface area (TPSA) is 51.2 Å². The number of halogens is 1. The molecule has 1 N–H and O–H groups in total. The van der Waals surface area contributed by atoms with Crippen LogP contribution in [-0.4, -0.2) is 35.4 Å². The Kier molecular flexibility index (Phi) is 5.23. The van der Waals surface area contributed by atoms with E-state index in [0.29, 0.717) is 11.6 Å². The fraction of sp³-hybridized carbons (Fsp3) is 0.467. The van der Waals surface area contributed by atoms with Gasteiger partial charge in [-0.05, 0) is 38.0 Å². The third-order valence-electron chi connectivity index (χ3n) is 3.50. The summed E-state index contributed by atoms with van der Waals surface area (Å²) in [5.41, 5.74) is 0.881. The average molecular weight is 357 g/mol. The van der Waals surface area contributed by atoms with E-state index in [0.717, 1.165) is 34.0 Å². The van der Waals surface area contributed by atoms with E-state index in [1.807, 2.05) is 25.1 Å². The van der Waals surface area contributed by atoms with Gasteiger partial charge in [-0.3, -0.25) is 4.79 Å². The molecule has 1 aromatic carbocycles. The lowest BCUT2D eigenvalue weighted by Crippen LogP contribution is -2.36. The van der Waals surface area contributed by atoms with E-state index in [1.165, 1.54) is 11.8 Å². The van der Waals surface area contributed by atoms with Crippen molar-refractivity contribution in [3.8, 4) is 0 Å². The molecule has 0 saturated carbocycles. The molecule has 2 aromatic rings. The fourth-order valence-electron chi connectivity index (χ4n) is 2.30. The Hall–Kier alpha value is -0.820. The number of thiazole rings is 1. The zero-order valence-corrected chi connectivity index (χ0v) is 14.6. The van der Waals surface area contributed by atoms with Crippen molar-refractivity contribution in [2.45, 2.75) is 35.5 Å². The van der Waals surface area contributed by atoms with E-state index in [1.54, 1.807) is 11.3 Å². The molecule has 2 heterocycles. The number of thioether (sulfide) groups is 1. The lowest BCUT2D eigenvalue weighted by atomic mass is 10.2. The first-order chi connectivity index (χ1) is 10.6. The monoisotopic (exact) mass is 356 g/mol. The Morgan fingerprint density at radius 3 is 3.27 bits per heavy atom. The third kappa shape index (κ3) is 3.93. The van der Waals surface area contributed by atoms with Gasteiger partial charge in [0.05, 0.1) is 21.6 Å². The van der Waals surface area contributed by atoms with Gasteiger partial charge in [0.1, 0.15) is 0 Å². The van der Waals surface area contributed by atoms with Crippen LogP contribution in [0.5, 0.6) is 0 Å². The summed E-state index contributed by atoms with van der Waals surface area (Å²) in [6, 6.07) is 5.66. The molecule has 7 heteroatoms. The number of ether oxygens (including phenoxy) is 1. The molecule has 0 bridgehead atoms.